The number of amides is 1. The molecule has 0 radical (unpaired) electrons. The Hall–Kier alpha value is -4.27. The van der Waals surface area contributed by atoms with E-state index in [4.69, 9.17) is 4.42 Å². The third-order valence-corrected chi connectivity index (χ3v) is 4.82. The molecular weight excluding hydrogens is 390 g/mol. The summed E-state index contributed by atoms with van der Waals surface area (Å²) in [5.41, 5.74) is 0.539. The summed E-state index contributed by atoms with van der Waals surface area (Å²) in [6.07, 6.45) is 4.35. The van der Waals surface area contributed by atoms with Gasteiger partial charge in [0.05, 0.1) is 29.3 Å². The quantitative estimate of drug-likeness (QED) is 0.227. The van der Waals surface area contributed by atoms with Crippen molar-refractivity contribution < 1.29 is 24.0 Å². The number of aliphatic hydroxyl groups excluding tert-OH is 1. The number of nitro benzene ring substituents is 1. The molecule has 1 atom stereocenters. The maximum Gasteiger partial charge on any atom is 0.296 e. The van der Waals surface area contributed by atoms with Crippen LogP contribution in [0.5, 0.6) is 0 Å². The van der Waals surface area contributed by atoms with Crippen LogP contribution < -0.4 is 0 Å². The lowest BCUT2D eigenvalue weighted by atomic mass is 9.95. The summed E-state index contributed by atoms with van der Waals surface area (Å²) in [5, 5.41) is 21.8. The van der Waals surface area contributed by atoms with E-state index in [0.29, 0.717) is 16.9 Å². The number of carbonyl (C=O) groups is 2. The van der Waals surface area contributed by atoms with Crippen LogP contribution in [0.3, 0.4) is 0 Å². The van der Waals surface area contributed by atoms with E-state index >= 15 is 0 Å². The van der Waals surface area contributed by atoms with Gasteiger partial charge in [-0.2, -0.15) is 0 Å². The first-order valence-electron chi connectivity index (χ1n) is 8.93. The summed E-state index contributed by atoms with van der Waals surface area (Å²) in [5.74, 6) is -1.54. The van der Waals surface area contributed by atoms with Crippen LogP contribution in [0.4, 0.5) is 5.69 Å². The Morgan fingerprint density at radius 3 is 2.43 bits per heavy atom. The number of hydrogen-bond donors (Lipinski definition) is 1. The van der Waals surface area contributed by atoms with Crippen molar-refractivity contribution in [2.24, 2.45) is 0 Å². The van der Waals surface area contributed by atoms with Gasteiger partial charge in [-0.05, 0) is 42.0 Å². The molecule has 150 valence electrons. The number of non-ortho nitro benzene ring substituents is 1. The molecule has 1 aliphatic rings. The highest BCUT2D eigenvalue weighted by Crippen LogP contribution is 2.40. The number of hydrogen-bond acceptors (Lipinski definition) is 7. The average Bonchev–Trinajstić information content (AvgIpc) is 3.36. The standard InChI is InChI=1S/C21H15N3O6/c25-19(14-7-9-22-10-8-14)17-18(13-3-5-15(6-4-13)24(28)29)23(21(27)20(17)26)12-16-2-1-11-30-16/h1-11,18,25H,12H2. The first-order chi connectivity index (χ1) is 14.5. The molecule has 9 nitrogen and oxygen atoms in total. The fraction of sp³-hybridized carbons (Fsp3) is 0.0952. The van der Waals surface area contributed by atoms with E-state index in [0.717, 1.165) is 0 Å². The molecule has 9 heteroatoms. The molecule has 4 rings (SSSR count). The van der Waals surface area contributed by atoms with Gasteiger partial charge < -0.3 is 14.4 Å². The number of nitrogens with zero attached hydrogens (tertiary/aromatic N) is 3. The monoisotopic (exact) mass is 405 g/mol. The lowest BCUT2D eigenvalue weighted by molar-refractivity contribution is -0.384. The van der Waals surface area contributed by atoms with Gasteiger partial charge in [-0.1, -0.05) is 0 Å². The van der Waals surface area contributed by atoms with Gasteiger partial charge >= 0.3 is 0 Å². The number of aromatic nitrogens is 1. The van der Waals surface area contributed by atoms with E-state index in [9.17, 15) is 24.8 Å². The second kappa shape index (κ2) is 7.63. The summed E-state index contributed by atoms with van der Waals surface area (Å²) >= 11 is 0. The van der Waals surface area contributed by atoms with Crippen LogP contribution in [0.2, 0.25) is 0 Å². The Labute approximate surface area is 170 Å². The molecule has 1 amide bonds. The lowest BCUT2D eigenvalue weighted by Crippen LogP contribution is -2.29. The average molecular weight is 405 g/mol. The first-order valence-corrected chi connectivity index (χ1v) is 8.93. The smallest absolute Gasteiger partial charge is 0.296 e. The highest BCUT2D eigenvalue weighted by molar-refractivity contribution is 6.46. The molecule has 2 aromatic heterocycles. The number of furan rings is 1. The second-order valence-electron chi connectivity index (χ2n) is 6.59. The van der Waals surface area contributed by atoms with Crippen LogP contribution in [0.25, 0.3) is 5.76 Å². The van der Waals surface area contributed by atoms with Gasteiger partial charge in [-0.25, -0.2) is 0 Å². The molecule has 3 aromatic rings. The van der Waals surface area contributed by atoms with Crippen molar-refractivity contribution in [1.82, 2.24) is 9.88 Å². The maximum absolute atomic E-state index is 12.9. The number of pyridine rings is 1. The van der Waals surface area contributed by atoms with Crippen molar-refractivity contribution in [2.75, 3.05) is 0 Å². The molecule has 3 heterocycles. The zero-order valence-corrected chi connectivity index (χ0v) is 15.5. The van der Waals surface area contributed by atoms with Crippen LogP contribution in [0.1, 0.15) is 22.9 Å². The maximum atomic E-state index is 12.9. The Balaban J connectivity index is 1.85. The fourth-order valence-electron chi connectivity index (χ4n) is 3.40. The summed E-state index contributed by atoms with van der Waals surface area (Å²) in [4.78, 5) is 41.3. The van der Waals surface area contributed by atoms with Gasteiger partial charge in [0.25, 0.3) is 17.4 Å². The second-order valence-corrected chi connectivity index (χ2v) is 6.59. The Bertz CT molecular complexity index is 1140. The highest BCUT2D eigenvalue weighted by Gasteiger charge is 2.46. The normalized spacial score (nSPS) is 18.0. The van der Waals surface area contributed by atoms with Gasteiger partial charge in [0.2, 0.25) is 0 Å². The minimum absolute atomic E-state index is 0.00759. The molecule has 1 saturated heterocycles. The van der Waals surface area contributed by atoms with Crippen molar-refractivity contribution in [3.05, 3.63) is 99.8 Å². The van der Waals surface area contributed by atoms with E-state index in [1.807, 2.05) is 0 Å². The predicted octanol–water partition coefficient (Wildman–Crippen LogP) is 3.20. The summed E-state index contributed by atoms with van der Waals surface area (Å²) in [6, 6.07) is 10.9. The SMILES string of the molecule is O=C1C(=O)N(Cc2ccco2)C(c2ccc([N+](=O)[O-])cc2)C1=C(O)c1ccncc1. The number of benzene rings is 1. The summed E-state index contributed by atoms with van der Waals surface area (Å²) in [7, 11) is 0. The number of ketones is 1. The molecule has 1 aliphatic heterocycles. The molecule has 0 saturated carbocycles. The minimum atomic E-state index is -0.941. The largest absolute Gasteiger partial charge is 0.507 e. The number of carbonyl (C=O) groups excluding carboxylic acids is 2. The van der Waals surface area contributed by atoms with Gasteiger partial charge in [-0.3, -0.25) is 24.7 Å². The number of Topliss-reactive ketones (excluding diaryl/α,β-unsaturated/α-hetero) is 1. The van der Waals surface area contributed by atoms with E-state index < -0.39 is 22.7 Å². The lowest BCUT2D eigenvalue weighted by Gasteiger charge is -2.24. The fourth-order valence-corrected chi connectivity index (χ4v) is 3.40. The molecule has 0 aliphatic carbocycles. The van der Waals surface area contributed by atoms with E-state index in [1.165, 1.54) is 60.0 Å². The van der Waals surface area contributed by atoms with Crippen molar-refractivity contribution >= 4 is 23.1 Å². The van der Waals surface area contributed by atoms with E-state index in [-0.39, 0.29) is 23.6 Å². The summed E-state index contributed by atoms with van der Waals surface area (Å²) in [6.45, 7) is -0.00759. The number of aliphatic hydroxyl groups is 1. The first kappa shape index (κ1) is 19.1. The Kier molecular flexibility index (Phi) is 4.85. The summed E-state index contributed by atoms with van der Waals surface area (Å²) < 4.78 is 5.31. The molecule has 1 fully saturated rings. The molecule has 0 bridgehead atoms. The molecule has 1 N–H and O–H groups in total. The molecule has 30 heavy (non-hydrogen) atoms. The van der Waals surface area contributed by atoms with Gasteiger partial charge in [0, 0.05) is 30.1 Å². The number of likely N-dealkylation sites (tertiary alicyclic amines) is 1. The zero-order valence-electron chi connectivity index (χ0n) is 15.5. The molecule has 0 spiro atoms. The third kappa shape index (κ3) is 3.32. The van der Waals surface area contributed by atoms with Crippen LogP contribution >= 0.6 is 0 Å². The van der Waals surface area contributed by atoms with Crippen LogP contribution in [0, 0.1) is 10.1 Å². The predicted molar refractivity (Wildman–Crippen MR) is 104 cm³/mol. The Morgan fingerprint density at radius 2 is 1.83 bits per heavy atom. The topological polar surface area (TPSA) is 127 Å². The van der Waals surface area contributed by atoms with Crippen molar-refractivity contribution in [2.45, 2.75) is 12.6 Å². The number of rotatable bonds is 5. The zero-order chi connectivity index (χ0) is 21.3. The Morgan fingerprint density at radius 1 is 1.13 bits per heavy atom. The van der Waals surface area contributed by atoms with Gasteiger partial charge in [0.15, 0.2) is 0 Å². The highest BCUT2D eigenvalue weighted by atomic mass is 16.6. The van der Waals surface area contributed by atoms with Gasteiger partial charge in [0.1, 0.15) is 11.5 Å². The number of nitro groups is 1. The van der Waals surface area contributed by atoms with Crippen molar-refractivity contribution in [1.29, 1.82) is 0 Å². The van der Waals surface area contributed by atoms with Crippen LogP contribution in [0.15, 0.2) is 77.2 Å². The van der Waals surface area contributed by atoms with Gasteiger partial charge in [-0.15, -0.1) is 0 Å². The van der Waals surface area contributed by atoms with Crippen molar-refractivity contribution in [3.8, 4) is 0 Å². The molecular formula is C21H15N3O6. The van der Waals surface area contributed by atoms with Crippen LogP contribution in [-0.4, -0.2) is 31.6 Å². The van der Waals surface area contributed by atoms with Crippen LogP contribution in [-0.2, 0) is 16.1 Å². The third-order valence-electron chi connectivity index (χ3n) is 4.82. The molecule has 1 unspecified atom stereocenters. The molecule has 1 aromatic carbocycles. The van der Waals surface area contributed by atoms with E-state index in [1.54, 1.807) is 12.1 Å². The van der Waals surface area contributed by atoms with Crippen molar-refractivity contribution in [3.63, 3.8) is 0 Å². The van der Waals surface area contributed by atoms with E-state index in [2.05, 4.69) is 4.98 Å². The minimum Gasteiger partial charge on any atom is -0.507 e.